The van der Waals surface area contributed by atoms with E-state index in [1.807, 2.05) is 18.7 Å². The van der Waals surface area contributed by atoms with Crippen molar-refractivity contribution in [3.05, 3.63) is 54.6 Å². The van der Waals surface area contributed by atoms with Crippen molar-refractivity contribution >= 4 is 15.9 Å². The minimum atomic E-state index is 1.02. The molecular weight excluding hydrogens is 302 g/mol. The first kappa shape index (κ1) is 14.3. The van der Waals surface area contributed by atoms with Gasteiger partial charge in [0.1, 0.15) is 0 Å². The third-order valence-electron chi connectivity index (χ3n) is 3.10. The molecule has 0 fully saturated rings. The van der Waals surface area contributed by atoms with Gasteiger partial charge in [-0.15, -0.1) is 0 Å². The summed E-state index contributed by atoms with van der Waals surface area (Å²) in [6, 6.07) is 10.7. The predicted octanol–water partition coefficient (Wildman–Crippen LogP) is 3.17. The normalized spacial score (nSPS) is 11.1. The van der Waals surface area contributed by atoms with Crippen LogP contribution in [0.25, 0.3) is 0 Å². The van der Waals surface area contributed by atoms with Crippen LogP contribution in [-0.4, -0.2) is 32.9 Å². The van der Waals surface area contributed by atoms with Crippen LogP contribution < -0.4 is 0 Å². The van der Waals surface area contributed by atoms with Gasteiger partial charge in [-0.05, 0) is 12.0 Å². The summed E-state index contributed by atoms with van der Waals surface area (Å²) in [4.78, 5) is 6.55. The minimum Gasteiger partial charge on any atom is -0.337 e. The fourth-order valence-corrected chi connectivity index (χ4v) is 2.63. The van der Waals surface area contributed by atoms with Crippen LogP contribution in [0.3, 0.4) is 0 Å². The van der Waals surface area contributed by atoms with Gasteiger partial charge in [-0.2, -0.15) is 0 Å². The standard InChI is InChI=1S/C15H20BrN3/c16-7-11-18(13-15-5-2-1-3-6-15)9-4-10-19-12-8-17-14-19/h1-3,5-6,8,12,14H,4,7,9-11,13H2. The Hall–Kier alpha value is -1.13. The molecule has 0 bridgehead atoms. The third kappa shape index (κ3) is 5.17. The molecule has 0 amide bonds. The molecular formula is C15H20BrN3. The van der Waals surface area contributed by atoms with Crippen LogP contribution in [0.1, 0.15) is 12.0 Å². The summed E-state index contributed by atoms with van der Waals surface area (Å²) in [5.41, 5.74) is 1.38. The van der Waals surface area contributed by atoms with E-state index in [0.717, 1.165) is 37.9 Å². The maximum atomic E-state index is 4.07. The van der Waals surface area contributed by atoms with Gasteiger partial charge in [0, 0.05) is 43.9 Å². The van der Waals surface area contributed by atoms with Crippen molar-refractivity contribution in [1.82, 2.24) is 14.5 Å². The maximum Gasteiger partial charge on any atom is 0.0945 e. The quantitative estimate of drug-likeness (QED) is 0.696. The molecule has 1 heterocycles. The van der Waals surface area contributed by atoms with Crippen molar-refractivity contribution in [2.75, 3.05) is 18.4 Å². The predicted molar refractivity (Wildman–Crippen MR) is 82.4 cm³/mol. The Labute approximate surface area is 123 Å². The van der Waals surface area contributed by atoms with E-state index in [-0.39, 0.29) is 0 Å². The average Bonchev–Trinajstić information content (AvgIpc) is 2.93. The topological polar surface area (TPSA) is 21.1 Å². The van der Waals surface area contributed by atoms with Crippen LogP contribution in [0.4, 0.5) is 0 Å². The van der Waals surface area contributed by atoms with Crippen molar-refractivity contribution in [3.8, 4) is 0 Å². The Kier molecular flexibility index (Phi) is 6.11. The molecule has 0 unspecified atom stereocenters. The monoisotopic (exact) mass is 321 g/mol. The zero-order chi connectivity index (χ0) is 13.3. The molecule has 1 aromatic heterocycles. The summed E-state index contributed by atoms with van der Waals surface area (Å²) < 4.78 is 2.13. The van der Waals surface area contributed by atoms with Crippen LogP contribution in [0.5, 0.6) is 0 Å². The Morgan fingerprint density at radius 3 is 2.68 bits per heavy atom. The lowest BCUT2D eigenvalue weighted by Gasteiger charge is -2.21. The van der Waals surface area contributed by atoms with E-state index in [0.29, 0.717) is 0 Å². The smallest absolute Gasteiger partial charge is 0.0945 e. The van der Waals surface area contributed by atoms with Gasteiger partial charge in [-0.3, -0.25) is 4.90 Å². The van der Waals surface area contributed by atoms with E-state index in [1.54, 1.807) is 0 Å². The number of rotatable bonds is 8. The number of hydrogen-bond donors (Lipinski definition) is 0. The summed E-state index contributed by atoms with van der Waals surface area (Å²) in [5, 5.41) is 1.02. The number of imidazole rings is 1. The number of alkyl halides is 1. The molecule has 0 N–H and O–H groups in total. The highest BCUT2D eigenvalue weighted by Gasteiger charge is 2.05. The number of hydrogen-bond acceptors (Lipinski definition) is 2. The molecule has 102 valence electrons. The van der Waals surface area contributed by atoms with Gasteiger partial charge in [0.2, 0.25) is 0 Å². The number of halogens is 1. The van der Waals surface area contributed by atoms with Gasteiger partial charge < -0.3 is 4.57 Å². The van der Waals surface area contributed by atoms with Crippen molar-refractivity contribution in [2.24, 2.45) is 0 Å². The van der Waals surface area contributed by atoms with Gasteiger partial charge in [-0.1, -0.05) is 46.3 Å². The number of aryl methyl sites for hydroxylation is 1. The first-order chi connectivity index (χ1) is 9.38. The highest BCUT2D eigenvalue weighted by Crippen LogP contribution is 2.06. The van der Waals surface area contributed by atoms with Crippen molar-refractivity contribution in [2.45, 2.75) is 19.5 Å². The van der Waals surface area contributed by atoms with Crippen LogP contribution in [0.2, 0.25) is 0 Å². The van der Waals surface area contributed by atoms with Crippen molar-refractivity contribution < 1.29 is 0 Å². The zero-order valence-electron chi connectivity index (χ0n) is 11.1. The maximum absolute atomic E-state index is 4.07. The van der Waals surface area contributed by atoms with Crippen LogP contribution in [-0.2, 0) is 13.1 Å². The first-order valence-electron chi connectivity index (χ1n) is 6.66. The zero-order valence-corrected chi connectivity index (χ0v) is 12.7. The van der Waals surface area contributed by atoms with Gasteiger partial charge in [0.15, 0.2) is 0 Å². The van der Waals surface area contributed by atoms with E-state index in [4.69, 9.17) is 0 Å². The molecule has 2 aromatic rings. The summed E-state index contributed by atoms with van der Waals surface area (Å²) in [5.74, 6) is 0. The highest BCUT2D eigenvalue weighted by atomic mass is 79.9. The molecule has 0 saturated carbocycles. The lowest BCUT2D eigenvalue weighted by molar-refractivity contribution is 0.273. The summed E-state index contributed by atoms with van der Waals surface area (Å²) in [7, 11) is 0. The van der Waals surface area contributed by atoms with E-state index < -0.39 is 0 Å². The second kappa shape index (κ2) is 8.12. The second-order valence-electron chi connectivity index (χ2n) is 4.60. The fourth-order valence-electron chi connectivity index (χ4n) is 2.13. The van der Waals surface area contributed by atoms with E-state index >= 15 is 0 Å². The molecule has 0 aliphatic rings. The fraction of sp³-hybridized carbons (Fsp3) is 0.400. The SMILES string of the molecule is BrCCN(CCCn1ccnc1)Cc1ccccc1. The molecule has 3 nitrogen and oxygen atoms in total. The first-order valence-corrected chi connectivity index (χ1v) is 7.78. The van der Waals surface area contributed by atoms with Crippen molar-refractivity contribution in [1.29, 1.82) is 0 Å². The molecule has 4 heteroatoms. The second-order valence-corrected chi connectivity index (χ2v) is 5.40. The molecule has 0 atom stereocenters. The average molecular weight is 322 g/mol. The Bertz CT molecular complexity index is 442. The third-order valence-corrected chi connectivity index (χ3v) is 3.45. The van der Waals surface area contributed by atoms with E-state index in [1.165, 1.54) is 5.56 Å². The summed E-state index contributed by atoms with van der Waals surface area (Å²) >= 11 is 3.54. The van der Waals surface area contributed by atoms with Crippen molar-refractivity contribution in [3.63, 3.8) is 0 Å². The summed E-state index contributed by atoms with van der Waals surface area (Å²) in [6.07, 6.45) is 6.88. The lowest BCUT2D eigenvalue weighted by Crippen LogP contribution is -2.27. The van der Waals surface area contributed by atoms with Gasteiger partial charge in [0.05, 0.1) is 6.33 Å². The Morgan fingerprint density at radius 2 is 2.00 bits per heavy atom. The van der Waals surface area contributed by atoms with Crippen LogP contribution >= 0.6 is 15.9 Å². The van der Waals surface area contributed by atoms with Gasteiger partial charge in [0.25, 0.3) is 0 Å². The largest absolute Gasteiger partial charge is 0.337 e. The molecule has 0 aliphatic heterocycles. The molecule has 0 radical (unpaired) electrons. The van der Waals surface area contributed by atoms with Gasteiger partial charge >= 0.3 is 0 Å². The Balaban J connectivity index is 1.79. The molecule has 1 aromatic carbocycles. The van der Waals surface area contributed by atoms with E-state index in [9.17, 15) is 0 Å². The summed E-state index contributed by atoms with van der Waals surface area (Å²) in [6.45, 7) is 4.25. The number of nitrogens with zero attached hydrogens (tertiary/aromatic N) is 3. The van der Waals surface area contributed by atoms with Gasteiger partial charge in [-0.25, -0.2) is 4.98 Å². The molecule has 2 rings (SSSR count). The molecule has 0 spiro atoms. The highest BCUT2D eigenvalue weighted by molar-refractivity contribution is 9.09. The van der Waals surface area contributed by atoms with E-state index in [2.05, 4.69) is 60.7 Å². The number of benzene rings is 1. The number of aromatic nitrogens is 2. The molecule has 0 saturated heterocycles. The van der Waals surface area contributed by atoms with Crippen LogP contribution in [0.15, 0.2) is 49.1 Å². The molecule has 19 heavy (non-hydrogen) atoms. The Morgan fingerprint density at radius 1 is 1.16 bits per heavy atom. The lowest BCUT2D eigenvalue weighted by atomic mass is 10.2. The molecule has 0 aliphatic carbocycles. The minimum absolute atomic E-state index is 1.02. The van der Waals surface area contributed by atoms with Crippen LogP contribution in [0, 0.1) is 0 Å².